The van der Waals surface area contributed by atoms with Crippen molar-refractivity contribution in [3.63, 3.8) is 0 Å². The molecule has 3 aromatic rings. The van der Waals surface area contributed by atoms with Gasteiger partial charge < -0.3 is 14.8 Å². The van der Waals surface area contributed by atoms with Crippen LogP contribution in [0, 0.1) is 0 Å². The number of carbonyl (C=O) groups excluding carboxylic acids is 2. The van der Waals surface area contributed by atoms with E-state index in [1.807, 2.05) is 12.1 Å². The molecule has 8 nitrogen and oxygen atoms in total. The Kier molecular flexibility index (Phi) is 7.11. The molecule has 1 aromatic heterocycles. The summed E-state index contributed by atoms with van der Waals surface area (Å²) in [5.41, 5.74) is 3.89. The molecule has 2 atom stereocenters. The van der Waals surface area contributed by atoms with Gasteiger partial charge in [0.1, 0.15) is 0 Å². The molecule has 2 aliphatic rings. The summed E-state index contributed by atoms with van der Waals surface area (Å²) in [4.78, 5) is 43.3. The number of ether oxygens (including phenoxy) is 2. The second-order valence-corrected chi connectivity index (χ2v) is 10.6. The van der Waals surface area contributed by atoms with Crippen LogP contribution in [0.4, 0.5) is 5.69 Å². The summed E-state index contributed by atoms with van der Waals surface area (Å²) in [5.74, 6) is -0.669. The van der Waals surface area contributed by atoms with Crippen molar-refractivity contribution >= 4 is 40.2 Å². The van der Waals surface area contributed by atoms with Gasteiger partial charge in [0.15, 0.2) is 5.16 Å². The first-order valence-corrected chi connectivity index (χ1v) is 13.1. The summed E-state index contributed by atoms with van der Waals surface area (Å²) in [6.45, 7) is 2.83. The fraction of sp³-hybridized carbons (Fsp3) is 0.407. The number of hydrogen-bond donors (Lipinski definition) is 1. The Morgan fingerprint density at radius 2 is 2.03 bits per heavy atom. The smallest absolute Gasteiger partial charge is 0.337 e. The van der Waals surface area contributed by atoms with Crippen LogP contribution >= 0.6 is 11.8 Å². The molecule has 2 aromatic carbocycles. The van der Waals surface area contributed by atoms with E-state index in [9.17, 15) is 14.4 Å². The Morgan fingerprint density at radius 1 is 1.19 bits per heavy atom. The molecule has 188 valence electrons. The van der Waals surface area contributed by atoms with Gasteiger partial charge in [0, 0.05) is 12.3 Å². The Balaban J connectivity index is 1.44. The lowest BCUT2D eigenvalue weighted by molar-refractivity contribution is -0.115. The number of carbonyl (C=O) groups is 2. The van der Waals surface area contributed by atoms with Crippen LogP contribution in [0.25, 0.3) is 10.9 Å². The van der Waals surface area contributed by atoms with Crippen LogP contribution in [0.3, 0.4) is 0 Å². The lowest BCUT2D eigenvalue weighted by atomic mass is 10.1. The number of esters is 1. The van der Waals surface area contributed by atoms with Crippen LogP contribution < -0.4 is 10.9 Å². The highest BCUT2D eigenvalue weighted by Crippen LogP contribution is 2.28. The van der Waals surface area contributed by atoms with Gasteiger partial charge >= 0.3 is 5.97 Å². The van der Waals surface area contributed by atoms with Crippen LogP contribution in [0.5, 0.6) is 0 Å². The maximum Gasteiger partial charge on any atom is 0.337 e. The normalized spacial score (nSPS) is 17.7. The second-order valence-electron chi connectivity index (χ2n) is 9.26. The Hall–Kier alpha value is -3.17. The number of rotatable bonds is 7. The van der Waals surface area contributed by atoms with Crippen molar-refractivity contribution in [3.05, 3.63) is 63.4 Å². The van der Waals surface area contributed by atoms with Crippen LogP contribution in [0.2, 0.25) is 0 Å². The molecule has 36 heavy (non-hydrogen) atoms. The Morgan fingerprint density at radius 3 is 2.81 bits per heavy atom. The number of nitrogens with zero attached hydrogens (tertiary/aromatic N) is 2. The van der Waals surface area contributed by atoms with Crippen molar-refractivity contribution in [2.24, 2.45) is 0 Å². The Bertz CT molecular complexity index is 1380. The van der Waals surface area contributed by atoms with Crippen LogP contribution in [-0.4, -0.2) is 46.5 Å². The van der Waals surface area contributed by atoms with E-state index in [1.165, 1.54) is 30.0 Å². The first kappa shape index (κ1) is 24.5. The lowest BCUT2D eigenvalue weighted by Gasteiger charge is -2.19. The number of benzene rings is 2. The number of thioether (sulfide) groups is 1. The van der Waals surface area contributed by atoms with Crippen molar-refractivity contribution in [1.29, 1.82) is 0 Å². The first-order valence-electron chi connectivity index (χ1n) is 12.3. The van der Waals surface area contributed by atoms with E-state index < -0.39 is 11.2 Å². The number of aromatic nitrogens is 2. The van der Waals surface area contributed by atoms with Gasteiger partial charge in [0.2, 0.25) is 5.91 Å². The van der Waals surface area contributed by atoms with Gasteiger partial charge in [-0.3, -0.25) is 14.2 Å². The van der Waals surface area contributed by atoms with Crippen molar-refractivity contribution < 1.29 is 19.1 Å². The average Bonchev–Trinajstić information content (AvgIpc) is 3.57. The molecule has 1 saturated heterocycles. The maximum absolute atomic E-state index is 13.5. The van der Waals surface area contributed by atoms with Crippen molar-refractivity contribution in [2.45, 2.75) is 62.1 Å². The predicted molar refractivity (Wildman–Crippen MR) is 139 cm³/mol. The van der Waals surface area contributed by atoms with Crippen LogP contribution in [-0.2, 0) is 33.7 Å². The second kappa shape index (κ2) is 10.4. The molecular formula is C27H29N3O5S. The van der Waals surface area contributed by atoms with E-state index in [2.05, 4.69) is 11.4 Å². The summed E-state index contributed by atoms with van der Waals surface area (Å²) in [6.07, 6.45) is 5.00. The van der Waals surface area contributed by atoms with Crippen molar-refractivity contribution in [2.75, 3.05) is 19.0 Å². The molecule has 1 fully saturated rings. The summed E-state index contributed by atoms with van der Waals surface area (Å²) >= 11 is 1.22. The SMILES string of the molecule is COC(=O)c1ccc2c(=O)n(C[C@H]3CCCO3)c(S[C@@H](C)C(=O)Nc3ccc4c(c3)CCC4)nc2c1. The molecular weight excluding hydrogens is 478 g/mol. The van der Waals surface area contributed by atoms with E-state index >= 15 is 0 Å². The molecule has 2 heterocycles. The van der Waals surface area contributed by atoms with E-state index in [0.717, 1.165) is 37.8 Å². The molecule has 1 aliphatic heterocycles. The summed E-state index contributed by atoms with van der Waals surface area (Å²) in [5, 5.41) is 3.32. The predicted octanol–water partition coefficient (Wildman–Crippen LogP) is 3.97. The quantitative estimate of drug-likeness (QED) is 0.293. The van der Waals surface area contributed by atoms with Crippen LogP contribution in [0.15, 0.2) is 46.3 Å². The minimum Gasteiger partial charge on any atom is -0.465 e. The van der Waals surface area contributed by atoms with Gasteiger partial charge in [0.05, 0.1) is 41.5 Å². The fourth-order valence-electron chi connectivity index (χ4n) is 4.79. The zero-order valence-electron chi connectivity index (χ0n) is 20.4. The van der Waals surface area contributed by atoms with Gasteiger partial charge in [0.25, 0.3) is 5.56 Å². The number of methoxy groups -OCH3 is 1. The number of amides is 1. The van der Waals surface area contributed by atoms with Crippen molar-refractivity contribution in [1.82, 2.24) is 9.55 Å². The lowest BCUT2D eigenvalue weighted by Crippen LogP contribution is -2.30. The topological polar surface area (TPSA) is 99.5 Å². The number of nitrogens with one attached hydrogen (secondary N) is 1. The van der Waals surface area contributed by atoms with Gasteiger partial charge in [-0.25, -0.2) is 9.78 Å². The van der Waals surface area contributed by atoms with Crippen LogP contribution in [0.1, 0.15) is 47.7 Å². The highest BCUT2D eigenvalue weighted by atomic mass is 32.2. The molecule has 9 heteroatoms. The molecule has 0 radical (unpaired) electrons. The fourth-order valence-corrected chi connectivity index (χ4v) is 5.71. The number of aryl methyl sites for hydroxylation is 2. The minimum atomic E-state index is -0.512. The van der Waals surface area contributed by atoms with Crippen molar-refractivity contribution in [3.8, 4) is 0 Å². The molecule has 1 aliphatic carbocycles. The Labute approximate surface area is 213 Å². The zero-order valence-corrected chi connectivity index (χ0v) is 21.2. The largest absolute Gasteiger partial charge is 0.465 e. The molecule has 0 bridgehead atoms. The summed E-state index contributed by atoms with van der Waals surface area (Å²) in [7, 11) is 1.31. The number of anilines is 1. The number of hydrogen-bond acceptors (Lipinski definition) is 7. The molecule has 0 saturated carbocycles. The van der Waals surface area contributed by atoms with E-state index in [4.69, 9.17) is 14.5 Å². The summed E-state index contributed by atoms with van der Waals surface area (Å²) < 4.78 is 12.2. The highest BCUT2D eigenvalue weighted by Gasteiger charge is 2.24. The zero-order chi connectivity index (χ0) is 25.2. The standard InChI is InChI=1S/C27H29N3O5S/c1-16(24(31)28-20-10-8-17-5-3-6-18(17)13-20)36-27-29-23-14-19(26(33)34-2)9-11-22(23)25(32)30(27)15-21-7-4-12-35-21/h8-11,13-14,16,21H,3-7,12,15H2,1-2H3,(H,28,31)/t16-,21+/m0/s1. The molecule has 1 N–H and O–H groups in total. The third kappa shape index (κ3) is 5.03. The maximum atomic E-state index is 13.5. The third-order valence-corrected chi connectivity index (χ3v) is 7.86. The molecule has 5 rings (SSSR count). The molecule has 0 unspecified atom stereocenters. The molecule has 1 amide bonds. The highest BCUT2D eigenvalue weighted by molar-refractivity contribution is 8.00. The summed E-state index contributed by atoms with van der Waals surface area (Å²) in [6, 6.07) is 10.8. The minimum absolute atomic E-state index is 0.0776. The van der Waals surface area contributed by atoms with E-state index in [-0.39, 0.29) is 17.6 Å². The van der Waals surface area contributed by atoms with Gasteiger partial charge in [-0.05, 0) is 80.5 Å². The third-order valence-electron chi connectivity index (χ3n) is 6.77. The monoisotopic (exact) mass is 507 g/mol. The van der Waals surface area contributed by atoms with Gasteiger partial charge in [-0.15, -0.1) is 0 Å². The number of fused-ring (bicyclic) bond motifs is 2. The van der Waals surface area contributed by atoms with Gasteiger partial charge in [-0.2, -0.15) is 0 Å². The van der Waals surface area contributed by atoms with E-state index in [1.54, 1.807) is 29.7 Å². The van der Waals surface area contributed by atoms with E-state index in [0.29, 0.717) is 34.8 Å². The average molecular weight is 508 g/mol. The molecule has 0 spiro atoms. The van der Waals surface area contributed by atoms with Gasteiger partial charge in [-0.1, -0.05) is 17.8 Å². The first-order chi connectivity index (χ1) is 17.4.